The van der Waals surface area contributed by atoms with Gasteiger partial charge in [-0.15, -0.1) is 0 Å². The standard InChI is InChI=1S/Ca.3H2O4S.W/c;3*1-5(2,3)4;/h;3*(H2,1,2,3,4);/q+2;;;;/p-6. The van der Waals surface area contributed by atoms with Gasteiger partial charge in [0.2, 0.25) is 0 Å². The van der Waals surface area contributed by atoms with E-state index in [0.717, 1.165) is 0 Å². The fraction of sp³-hybridized carbons (Fsp3) is 0. The Morgan fingerprint density at radius 2 is 0.471 bits per heavy atom. The van der Waals surface area contributed by atoms with Gasteiger partial charge in [0.05, 0.1) is 0 Å². The van der Waals surface area contributed by atoms with Gasteiger partial charge in [-0.05, 0) is 0 Å². The van der Waals surface area contributed by atoms with E-state index in [0.29, 0.717) is 0 Å². The molecule has 0 bridgehead atoms. The summed E-state index contributed by atoms with van der Waals surface area (Å²) < 4.78 is 102. The maximum absolute atomic E-state index is 8.52. The topological polar surface area (TPSA) is 241 Å². The molecule has 0 aliphatic rings. The quantitative estimate of drug-likeness (QED) is 0.170. The molecule has 102 valence electrons. The summed E-state index contributed by atoms with van der Waals surface area (Å²) in [7, 11) is -15.5. The molecule has 0 spiro atoms. The van der Waals surface area contributed by atoms with Crippen molar-refractivity contribution >= 4 is 68.9 Å². The van der Waals surface area contributed by atoms with E-state index >= 15 is 0 Å². The molecule has 0 heterocycles. The van der Waals surface area contributed by atoms with E-state index in [4.69, 9.17) is 52.6 Å². The molecule has 0 saturated heterocycles. The van der Waals surface area contributed by atoms with Gasteiger partial charge in [0, 0.05) is 52.3 Å². The van der Waals surface area contributed by atoms with E-state index in [-0.39, 0.29) is 58.8 Å². The van der Waals surface area contributed by atoms with Crippen LogP contribution in [0.1, 0.15) is 0 Å². The second-order valence-electron chi connectivity index (χ2n) is 1.22. The van der Waals surface area contributed by atoms with Gasteiger partial charge >= 0.3 is 37.7 Å². The molecule has 0 amide bonds. The van der Waals surface area contributed by atoms with Gasteiger partial charge in [0.25, 0.3) is 0 Å². The predicted octanol–water partition coefficient (Wildman–Crippen LogP) is -4.40. The van der Waals surface area contributed by atoms with Gasteiger partial charge in [-0.2, -0.15) is 0 Å². The molecule has 17 heavy (non-hydrogen) atoms. The third-order valence-corrected chi connectivity index (χ3v) is 0. The molecule has 0 aliphatic heterocycles. The molecule has 0 aromatic rings. The summed E-state index contributed by atoms with van der Waals surface area (Å²) in [4.78, 5) is 0. The van der Waals surface area contributed by atoms with E-state index in [1.807, 2.05) is 0 Å². The van der Waals surface area contributed by atoms with Crippen LogP contribution < -0.4 is 0 Å². The molecule has 0 rings (SSSR count). The first-order chi connectivity index (χ1) is 6.00. The first-order valence-electron chi connectivity index (χ1n) is 2.00. The van der Waals surface area contributed by atoms with Crippen molar-refractivity contribution in [2.75, 3.05) is 0 Å². The monoisotopic (exact) mass is 512 g/mol. The van der Waals surface area contributed by atoms with E-state index in [2.05, 4.69) is 0 Å². The summed E-state index contributed by atoms with van der Waals surface area (Å²) >= 11 is 0. The largest absolute Gasteiger partial charge is 2.00 e. The van der Waals surface area contributed by atoms with E-state index < -0.39 is 31.2 Å². The minimum Gasteiger partial charge on any atom is -0.759 e. The smallest absolute Gasteiger partial charge is 0.759 e. The van der Waals surface area contributed by atoms with Gasteiger partial charge in [-0.25, -0.2) is 0 Å². The van der Waals surface area contributed by atoms with Crippen molar-refractivity contribution in [2.24, 2.45) is 0 Å². The van der Waals surface area contributed by atoms with Crippen LogP contribution in [0.2, 0.25) is 0 Å². The predicted molar refractivity (Wildman–Crippen MR) is 37.2 cm³/mol. The maximum atomic E-state index is 8.52. The van der Waals surface area contributed by atoms with Crippen molar-refractivity contribution in [3.63, 3.8) is 0 Å². The normalized spacial score (nSPS) is 10.2. The van der Waals surface area contributed by atoms with Crippen LogP contribution in [0.5, 0.6) is 0 Å². The Labute approximate surface area is 141 Å². The minimum atomic E-state index is -5.17. The van der Waals surface area contributed by atoms with Crippen molar-refractivity contribution in [2.45, 2.75) is 0 Å². The summed E-state index contributed by atoms with van der Waals surface area (Å²) in [6, 6.07) is 0. The first-order valence-corrected chi connectivity index (χ1v) is 6.00. The molecule has 0 fully saturated rings. The summed E-state index contributed by atoms with van der Waals surface area (Å²) in [6.45, 7) is 0. The molecule has 12 nitrogen and oxygen atoms in total. The zero-order valence-corrected chi connectivity index (χ0v) is 14.8. The molecule has 0 unspecified atom stereocenters. The van der Waals surface area contributed by atoms with Crippen molar-refractivity contribution in [1.82, 2.24) is 0 Å². The van der Waals surface area contributed by atoms with Gasteiger partial charge in [-0.3, -0.25) is 25.3 Å². The summed E-state index contributed by atoms with van der Waals surface area (Å²) in [6.07, 6.45) is 0. The molecular weight excluding hydrogens is 512 g/mol. The molecule has 0 aliphatic carbocycles. The first kappa shape index (κ1) is 31.1. The molecular formula is CaO12S3W-4. The molecule has 0 aromatic carbocycles. The fourth-order valence-electron chi connectivity index (χ4n) is 0. The second kappa shape index (κ2) is 12.6. The zero-order chi connectivity index (χ0) is 13.5. The summed E-state index contributed by atoms with van der Waals surface area (Å²) in [5.74, 6) is 0. The van der Waals surface area contributed by atoms with Crippen molar-refractivity contribution in [1.29, 1.82) is 0 Å². The van der Waals surface area contributed by atoms with Crippen molar-refractivity contribution in [3.8, 4) is 0 Å². The van der Waals surface area contributed by atoms with Gasteiger partial charge in [0.1, 0.15) is 0 Å². The fourth-order valence-corrected chi connectivity index (χ4v) is 0. The SMILES string of the molecule is O=S(=O)([O-])[O-].O=S(=O)([O-])[O-].O=S(=O)([O-])[O-].[Ca+2].[W]. The van der Waals surface area contributed by atoms with Crippen LogP contribution in [0.4, 0.5) is 0 Å². The third-order valence-electron chi connectivity index (χ3n) is 0. The Bertz CT molecular complexity index is 343. The molecule has 0 atom stereocenters. The van der Waals surface area contributed by atoms with E-state index in [1.165, 1.54) is 0 Å². The third kappa shape index (κ3) is 1750. The second-order valence-corrected chi connectivity index (χ2v) is 3.67. The van der Waals surface area contributed by atoms with Crippen LogP contribution in [0, 0.1) is 0 Å². The van der Waals surface area contributed by atoms with Crippen LogP contribution in [-0.2, 0) is 52.3 Å². The van der Waals surface area contributed by atoms with Gasteiger partial charge in [-0.1, -0.05) is 0 Å². The number of rotatable bonds is 0. The number of hydrogen-bond acceptors (Lipinski definition) is 12. The summed E-state index contributed by atoms with van der Waals surface area (Å²) in [5.41, 5.74) is 0. The summed E-state index contributed by atoms with van der Waals surface area (Å²) in [5, 5.41) is 0. The Morgan fingerprint density at radius 3 is 0.471 bits per heavy atom. The molecule has 0 N–H and O–H groups in total. The Hall–Kier alpha value is 1.56. The molecule has 0 saturated carbocycles. The van der Waals surface area contributed by atoms with Crippen LogP contribution in [0.3, 0.4) is 0 Å². The average Bonchev–Trinajstić information content (AvgIpc) is 1.41. The minimum absolute atomic E-state index is 0. The van der Waals surface area contributed by atoms with E-state index in [1.54, 1.807) is 0 Å². The van der Waals surface area contributed by atoms with Crippen LogP contribution >= 0.6 is 0 Å². The van der Waals surface area contributed by atoms with Gasteiger partial charge in [0.15, 0.2) is 0 Å². The number of hydrogen-bond donors (Lipinski definition) is 0. The van der Waals surface area contributed by atoms with E-state index in [9.17, 15) is 0 Å². The van der Waals surface area contributed by atoms with Crippen LogP contribution in [0.15, 0.2) is 0 Å². The van der Waals surface area contributed by atoms with Crippen LogP contribution in [-0.4, -0.2) is 90.3 Å². The van der Waals surface area contributed by atoms with Crippen LogP contribution in [0.25, 0.3) is 0 Å². The Balaban J connectivity index is -0.0000000400. The maximum Gasteiger partial charge on any atom is 2.00 e. The van der Waals surface area contributed by atoms with Gasteiger partial charge < -0.3 is 27.3 Å². The zero-order valence-electron chi connectivity index (χ0n) is 7.24. The van der Waals surface area contributed by atoms with Crippen molar-refractivity contribution < 1.29 is 73.6 Å². The molecule has 0 radical (unpaired) electrons. The average molecular weight is 512 g/mol. The Kier molecular flexibility index (Phi) is 23.0. The Morgan fingerprint density at radius 1 is 0.471 bits per heavy atom. The molecule has 17 heteroatoms. The molecule has 0 aromatic heterocycles. The van der Waals surface area contributed by atoms with Crippen molar-refractivity contribution in [3.05, 3.63) is 0 Å².